The lowest BCUT2D eigenvalue weighted by molar-refractivity contribution is -0.140. The van der Waals surface area contributed by atoms with Gasteiger partial charge in [0, 0.05) is 12.1 Å². The van der Waals surface area contributed by atoms with E-state index in [2.05, 4.69) is 5.32 Å². The molecule has 2 N–H and O–H groups in total. The average molecular weight is 248 g/mol. The van der Waals surface area contributed by atoms with Gasteiger partial charge in [-0.3, -0.25) is 9.69 Å². The first-order valence-electron chi connectivity index (χ1n) is 5.87. The zero-order valence-corrected chi connectivity index (χ0v) is 10.4. The maximum atomic E-state index is 12.3. The molecule has 1 unspecified atom stereocenters. The van der Waals surface area contributed by atoms with Crippen molar-refractivity contribution < 1.29 is 14.7 Å². The lowest BCUT2D eigenvalue weighted by Crippen LogP contribution is -2.49. The monoisotopic (exact) mass is 248 g/mol. The first-order chi connectivity index (χ1) is 8.56. The highest BCUT2D eigenvalue weighted by Crippen LogP contribution is 2.32. The van der Waals surface area contributed by atoms with Crippen molar-refractivity contribution in [3.05, 3.63) is 29.8 Å². The molecular formula is C13H16N2O3. The first kappa shape index (κ1) is 12.6. The molecule has 0 aliphatic carbocycles. The summed E-state index contributed by atoms with van der Waals surface area (Å²) in [6, 6.07) is 6.12. The van der Waals surface area contributed by atoms with Gasteiger partial charge < -0.3 is 10.4 Å². The minimum absolute atomic E-state index is 0.213. The molecule has 1 aliphatic heterocycles. The van der Waals surface area contributed by atoms with E-state index in [1.165, 1.54) is 4.90 Å². The summed E-state index contributed by atoms with van der Waals surface area (Å²) < 4.78 is 0. The number of carbonyl (C=O) groups excluding carboxylic acids is 1. The minimum Gasteiger partial charge on any atom is -0.480 e. The second-order valence-corrected chi connectivity index (χ2v) is 4.41. The fourth-order valence-electron chi connectivity index (χ4n) is 2.19. The molecule has 0 aromatic heterocycles. The quantitative estimate of drug-likeness (QED) is 0.823. The van der Waals surface area contributed by atoms with Crippen molar-refractivity contribution in [2.24, 2.45) is 0 Å². The Morgan fingerprint density at radius 1 is 1.44 bits per heavy atom. The number of fused-ring (bicyclic) bond motifs is 1. The van der Waals surface area contributed by atoms with Crippen molar-refractivity contribution in [2.75, 3.05) is 11.9 Å². The number of nitrogens with one attached hydrogen (secondary N) is 1. The molecule has 0 radical (unpaired) electrons. The van der Waals surface area contributed by atoms with Gasteiger partial charge in [-0.15, -0.1) is 0 Å². The summed E-state index contributed by atoms with van der Waals surface area (Å²) in [5.74, 6) is -1.18. The van der Waals surface area contributed by atoms with Crippen LogP contribution in [0.5, 0.6) is 0 Å². The molecule has 1 aliphatic rings. The zero-order valence-electron chi connectivity index (χ0n) is 10.4. The normalized spacial score (nSPS) is 19.4. The zero-order chi connectivity index (χ0) is 13.3. The summed E-state index contributed by atoms with van der Waals surface area (Å²) in [6.45, 7) is 1.72. The van der Waals surface area contributed by atoms with Crippen molar-refractivity contribution in [3.8, 4) is 0 Å². The lowest BCUT2D eigenvalue weighted by Gasteiger charge is -2.25. The number of benzene rings is 1. The molecule has 1 amide bonds. The minimum atomic E-state index is -0.970. The van der Waals surface area contributed by atoms with Crippen LogP contribution in [0.4, 0.5) is 5.69 Å². The Labute approximate surface area is 105 Å². The highest BCUT2D eigenvalue weighted by molar-refractivity contribution is 6.04. The highest BCUT2D eigenvalue weighted by atomic mass is 16.4. The van der Waals surface area contributed by atoms with Gasteiger partial charge in [0.15, 0.2) is 0 Å². The van der Waals surface area contributed by atoms with Gasteiger partial charge in [0.05, 0.1) is 6.04 Å². The van der Waals surface area contributed by atoms with E-state index < -0.39 is 18.1 Å². The van der Waals surface area contributed by atoms with Gasteiger partial charge in [-0.1, -0.05) is 18.2 Å². The van der Waals surface area contributed by atoms with Crippen molar-refractivity contribution in [1.29, 1.82) is 0 Å². The van der Waals surface area contributed by atoms with Gasteiger partial charge in [-0.2, -0.15) is 0 Å². The van der Waals surface area contributed by atoms with E-state index >= 15 is 0 Å². The smallest absolute Gasteiger partial charge is 0.327 e. The SMILES string of the molecule is CNC(C)C(=O)N1c2ccccc2C[C@H]1C(=O)O. The number of rotatable bonds is 3. The number of hydrogen-bond donors (Lipinski definition) is 2. The van der Waals surface area contributed by atoms with Crippen LogP contribution in [0, 0.1) is 0 Å². The third-order valence-corrected chi connectivity index (χ3v) is 3.30. The predicted molar refractivity (Wildman–Crippen MR) is 67.6 cm³/mol. The van der Waals surface area contributed by atoms with Gasteiger partial charge in [-0.25, -0.2) is 4.79 Å². The van der Waals surface area contributed by atoms with Gasteiger partial charge >= 0.3 is 5.97 Å². The summed E-state index contributed by atoms with van der Waals surface area (Å²) in [5.41, 5.74) is 1.61. The Hall–Kier alpha value is -1.88. The number of likely N-dealkylation sites (N-methyl/N-ethyl adjacent to an activating group) is 1. The van der Waals surface area contributed by atoms with Crippen LogP contribution in [0.3, 0.4) is 0 Å². The van der Waals surface area contributed by atoms with Crippen LogP contribution in [0.25, 0.3) is 0 Å². The molecule has 5 heteroatoms. The number of nitrogens with zero attached hydrogens (tertiary/aromatic N) is 1. The van der Waals surface area contributed by atoms with Crippen LogP contribution in [-0.2, 0) is 16.0 Å². The Morgan fingerprint density at radius 2 is 2.11 bits per heavy atom. The second-order valence-electron chi connectivity index (χ2n) is 4.41. The molecule has 0 fully saturated rings. The number of hydrogen-bond acceptors (Lipinski definition) is 3. The third-order valence-electron chi connectivity index (χ3n) is 3.30. The van der Waals surface area contributed by atoms with Crippen molar-refractivity contribution >= 4 is 17.6 Å². The number of anilines is 1. The number of carbonyl (C=O) groups is 2. The van der Waals surface area contributed by atoms with E-state index in [1.54, 1.807) is 20.0 Å². The van der Waals surface area contributed by atoms with Crippen molar-refractivity contribution in [2.45, 2.75) is 25.4 Å². The molecule has 1 heterocycles. The van der Waals surface area contributed by atoms with E-state index in [0.717, 1.165) is 5.56 Å². The number of carboxylic acids is 1. The van der Waals surface area contributed by atoms with Crippen LogP contribution >= 0.6 is 0 Å². The van der Waals surface area contributed by atoms with Crippen molar-refractivity contribution in [3.63, 3.8) is 0 Å². The maximum absolute atomic E-state index is 12.3. The van der Waals surface area contributed by atoms with E-state index in [9.17, 15) is 14.7 Å². The van der Waals surface area contributed by atoms with Gasteiger partial charge in [-0.05, 0) is 25.6 Å². The molecule has 2 atom stereocenters. The fourth-order valence-corrected chi connectivity index (χ4v) is 2.19. The Kier molecular flexibility index (Phi) is 3.34. The second kappa shape index (κ2) is 4.78. The Bertz CT molecular complexity index is 487. The molecule has 0 spiro atoms. The molecule has 0 saturated carbocycles. The summed E-state index contributed by atoms with van der Waals surface area (Å²) >= 11 is 0. The summed E-state index contributed by atoms with van der Waals surface area (Å²) in [7, 11) is 1.68. The molecule has 0 saturated heterocycles. The van der Waals surface area contributed by atoms with E-state index in [1.807, 2.05) is 18.2 Å². The Morgan fingerprint density at radius 3 is 2.72 bits per heavy atom. The van der Waals surface area contributed by atoms with Gasteiger partial charge in [0.1, 0.15) is 6.04 Å². The number of aliphatic carboxylic acids is 1. The predicted octanol–water partition coefficient (Wildman–Crippen LogP) is 0.637. The number of amides is 1. The Balaban J connectivity index is 2.40. The molecule has 1 aromatic carbocycles. The molecule has 96 valence electrons. The number of para-hydroxylation sites is 1. The summed E-state index contributed by atoms with van der Waals surface area (Å²) in [6.07, 6.45) is 0.369. The standard InChI is InChI=1S/C13H16N2O3/c1-8(14-2)12(16)15-10-6-4-3-5-9(10)7-11(15)13(17)18/h3-6,8,11,14H,7H2,1-2H3,(H,17,18)/t8?,11-/m0/s1. The summed E-state index contributed by atoms with van der Waals surface area (Å²) in [4.78, 5) is 24.9. The highest BCUT2D eigenvalue weighted by Gasteiger charge is 2.39. The van der Waals surface area contributed by atoms with Crippen LogP contribution in [0.2, 0.25) is 0 Å². The molecule has 2 rings (SSSR count). The molecule has 18 heavy (non-hydrogen) atoms. The maximum Gasteiger partial charge on any atom is 0.327 e. The van der Waals surface area contributed by atoms with Crippen LogP contribution in [-0.4, -0.2) is 36.1 Å². The van der Waals surface area contributed by atoms with Crippen LogP contribution in [0.15, 0.2) is 24.3 Å². The summed E-state index contributed by atoms with van der Waals surface area (Å²) in [5, 5.41) is 12.1. The number of carboxylic acid groups (broad SMARTS) is 1. The van der Waals surface area contributed by atoms with Gasteiger partial charge in [0.25, 0.3) is 0 Å². The lowest BCUT2D eigenvalue weighted by atomic mass is 10.1. The van der Waals surface area contributed by atoms with Crippen LogP contribution in [0.1, 0.15) is 12.5 Å². The van der Waals surface area contributed by atoms with Gasteiger partial charge in [0.2, 0.25) is 5.91 Å². The topological polar surface area (TPSA) is 69.6 Å². The van der Waals surface area contributed by atoms with E-state index in [4.69, 9.17) is 0 Å². The molecule has 0 bridgehead atoms. The molecule has 1 aromatic rings. The van der Waals surface area contributed by atoms with E-state index in [0.29, 0.717) is 12.1 Å². The third kappa shape index (κ3) is 1.97. The van der Waals surface area contributed by atoms with E-state index in [-0.39, 0.29) is 5.91 Å². The molecular weight excluding hydrogens is 232 g/mol. The van der Waals surface area contributed by atoms with Crippen LogP contribution < -0.4 is 10.2 Å². The fraction of sp³-hybridized carbons (Fsp3) is 0.385. The van der Waals surface area contributed by atoms with Crippen molar-refractivity contribution in [1.82, 2.24) is 5.32 Å². The average Bonchev–Trinajstić information content (AvgIpc) is 2.76. The molecule has 5 nitrogen and oxygen atoms in total. The largest absolute Gasteiger partial charge is 0.480 e. The first-order valence-corrected chi connectivity index (χ1v) is 5.87.